The second kappa shape index (κ2) is 5.55. The third-order valence-electron chi connectivity index (χ3n) is 3.68. The van der Waals surface area contributed by atoms with Crippen LogP contribution in [0, 0.1) is 5.41 Å². The summed E-state index contributed by atoms with van der Waals surface area (Å²) in [5.41, 5.74) is 12.1. The van der Waals surface area contributed by atoms with Crippen LogP contribution in [-0.2, 0) is 0 Å². The number of amides is 2. The van der Waals surface area contributed by atoms with Gasteiger partial charge in [-0.1, -0.05) is 13.8 Å². The van der Waals surface area contributed by atoms with Gasteiger partial charge in [0.15, 0.2) is 0 Å². The molecule has 5 N–H and O–H groups in total. The Hall–Kier alpha value is -1.76. The SMILES string of the molecule is CCNC(=O)c1sc(N2CCC(C)(C)C2)c(C(N)=O)c1N. The number of nitrogens with one attached hydrogen (secondary N) is 1. The van der Waals surface area contributed by atoms with Gasteiger partial charge in [0.2, 0.25) is 0 Å². The van der Waals surface area contributed by atoms with Crippen molar-refractivity contribution in [3.05, 3.63) is 10.4 Å². The molecule has 116 valence electrons. The summed E-state index contributed by atoms with van der Waals surface area (Å²) in [6.45, 7) is 8.36. The van der Waals surface area contributed by atoms with Gasteiger partial charge in [-0.15, -0.1) is 11.3 Å². The van der Waals surface area contributed by atoms with E-state index in [-0.39, 0.29) is 22.6 Å². The van der Waals surface area contributed by atoms with Crippen molar-refractivity contribution in [1.29, 1.82) is 0 Å². The van der Waals surface area contributed by atoms with Crippen LogP contribution in [-0.4, -0.2) is 31.4 Å². The maximum absolute atomic E-state index is 12.0. The Morgan fingerprint density at radius 1 is 1.43 bits per heavy atom. The molecular formula is C14H22N4O2S. The monoisotopic (exact) mass is 310 g/mol. The molecule has 7 heteroatoms. The highest BCUT2D eigenvalue weighted by molar-refractivity contribution is 7.19. The minimum Gasteiger partial charge on any atom is -0.397 e. The van der Waals surface area contributed by atoms with Crippen LogP contribution < -0.4 is 21.7 Å². The zero-order chi connectivity index (χ0) is 15.8. The summed E-state index contributed by atoms with van der Waals surface area (Å²) in [5.74, 6) is -0.841. The highest BCUT2D eigenvalue weighted by Crippen LogP contribution is 2.42. The van der Waals surface area contributed by atoms with E-state index in [2.05, 4.69) is 24.1 Å². The van der Waals surface area contributed by atoms with E-state index in [0.717, 1.165) is 19.5 Å². The largest absolute Gasteiger partial charge is 0.397 e. The Balaban J connectivity index is 2.43. The van der Waals surface area contributed by atoms with Crippen LogP contribution >= 0.6 is 11.3 Å². The van der Waals surface area contributed by atoms with Crippen molar-refractivity contribution in [1.82, 2.24) is 5.32 Å². The maximum atomic E-state index is 12.0. The van der Waals surface area contributed by atoms with Gasteiger partial charge in [0.1, 0.15) is 9.88 Å². The lowest BCUT2D eigenvalue weighted by Gasteiger charge is -2.20. The Kier molecular flexibility index (Phi) is 4.13. The molecule has 1 aliphatic heterocycles. The fourth-order valence-electron chi connectivity index (χ4n) is 2.59. The number of rotatable bonds is 4. The molecule has 2 heterocycles. The number of carbonyl (C=O) groups excluding carboxylic acids is 2. The first kappa shape index (κ1) is 15.6. The summed E-state index contributed by atoms with van der Waals surface area (Å²) >= 11 is 1.25. The first-order valence-electron chi connectivity index (χ1n) is 7.02. The molecule has 0 saturated carbocycles. The smallest absolute Gasteiger partial charge is 0.263 e. The quantitative estimate of drug-likeness (QED) is 0.782. The van der Waals surface area contributed by atoms with Crippen molar-refractivity contribution in [2.24, 2.45) is 11.1 Å². The molecule has 0 aromatic carbocycles. The summed E-state index contributed by atoms with van der Waals surface area (Å²) < 4.78 is 0. The van der Waals surface area contributed by atoms with E-state index in [4.69, 9.17) is 11.5 Å². The molecule has 0 unspecified atom stereocenters. The third-order valence-corrected chi connectivity index (χ3v) is 4.95. The van der Waals surface area contributed by atoms with Gasteiger partial charge in [-0.25, -0.2) is 0 Å². The van der Waals surface area contributed by atoms with Crippen molar-refractivity contribution < 1.29 is 9.59 Å². The van der Waals surface area contributed by atoms with Crippen LogP contribution in [0.5, 0.6) is 0 Å². The lowest BCUT2D eigenvalue weighted by atomic mass is 9.93. The van der Waals surface area contributed by atoms with Gasteiger partial charge in [0, 0.05) is 19.6 Å². The van der Waals surface area contributed by atoms with E-state index in [1.54, 1.807) is 0 Å². The van der Waals surface area contributed by atoms with Crippen LogP contribution in [0.4, 0.5) is 10.7 Å². The van der Waals surface area contributed by atoms with E-state index >= 15 is 0 Å². The van der Waals surface area contributed by atoms with Crippen LogP contribution in [0.2, 0.25) is 0 Å². The molecule has 1 saturated heterocycles. The zero-order valence-electron chi connectivity index (χ0n) is 12.7. The summed E-state index contributed by atoms with van der Waals surface area (Å²) in [6.07, 6.45) is 1.03. The maximum Gasteiger partial charge on any atom is 0.263 e. The molecular weight excluding hydrogens is 288 g/mol. The van der Waals surface area contributed by atoms with Crippen LogP contribution in [0.3, 0.4) is 0 Å². The number of hydrogen-bond acceptors (Lipinski definition) is 5. The summed E-state index contributed by atoms with van der Waals surface area (Å²) in [7, 11) is 0. The molecule has 1 aromatic heterocycles. The summed E-state index contributed by atoms with van der Waals surface area (Å²) in [4.78, 5) is 26.3. The van der Waals surface area contributed by atoms with Gasteiger partial charge in [0.25, 0.3) is 11.8 Å². The lowest BCUT2D eigenvalue weighted by Crippen LogP contribution is -2.25. The number of nitrogens with two attached hydrogens (primary N) is 2. The number of primary amides is 1. The van der Waals surface area contributed by atoms with Crippen molar-refractivity contribution >= 4 is 33.8 Å². The zero-order valence-corrected chi connectivity index (χ0v) is 13.5. The molecule has 0 radical (unpaired) electrons. The Labute approximate surface area is 128 Å². The first-order valence-corrected chi connectivity index (χ1v) is 7.83. The van der Waals surface area contributed by atoms with Crippen LogP contribution in [0.15, 0.2) is 0 Å². The number of thiophene rings is 1. The molecule has 2 rings (SSSR count). The van der Waals surface area contributed by atoms with Gasteiger partial charge in [-0.2, -0.15) is 0 Å². The summed E-state index contributed by atoms with van der Waals surface area (Å²) in [6, 6.07) is 0. The molecule has 1 fully saturated rings. The standard InChI is InChI=1S/C14H22N4O2S/c1-4-17-12(20)10-9(15)8(11(16)19)13(21-10)18-6-5-14(2,3)7-18/h4-7,15H2,1-3H3,(H2,16,19)(H,17,20). The number of nitrogen functional groups attached to an aromatic ring is 1. The van der Waals surface area contributed by atoms with Gasteiger partial charge in [-0.05, 0) is 18.8 Å². The van der Waals surface area contributed by atoms with Gasteiger partial charge in [0.05, 0.1) is 11.3 Å². The average Bonchev–Trinajstić information content (AvgIpc) is 2.89. The van der Waals surface area contributed by atoms with E-state index in [1.165, 1.54) is 11.3 Å². The molecule has 0 aliphatic carbocycles. The van der Waals surface area contributed by atoms with Crippen molar-refractivity contribution in [2.75, 3.05) is 30.3 Å². The van der Waals surface area contributed by atoms with Gasteiger partial charge >= 0.3 is 0 Å². The second-order valence-electron chi connectivity index (χ2n) is 6.08. The van der Waals surface area contributed by atoms with E-state index < -0.39 is 5.91 Å². The van der Waals surface area contributed by atoms with Crippen molar-refractivity contribution in [3.8, 4) is 0 Å². The molecule has 21 heavy (non-hydrogen) atoms. The minimum absolute atomic E-state index is 0.180. The number of carbonyl (C=O) groups is 2. The predicted molar refractivity (Wildman–Crippen MR) is 85.9 cm³/mol. The number of hydrogen-bond donors (Lipinski definition) is 3. The summed E-state index contributed by atoms with van der Waals surface area (Å²) in [5, 5.41) is 3.42. The Bertz CT molecular complexity index is 580. The lowest BCUT2D eigenvalue weighted by molar-refractivity contribution is 0.0960. The van der Waals surface area contributed by atoms with E-state index in [1.807, 2.05) is 6.92 Å². The van der Waals surface area contributed by atoms with Crippen molar-refractivity contribution in [3.63, 3.8) is 0 Å². The highest BCUT2D eigenvalue weighted by atomic mass is 32.1. The van der Waals surface area contributed by atoms with Crippen LogP contribution in [0.25, 0.3) is 0 Å². The highest BCUT2D eigenvalue weighted by Gasteiger charge is 2.34. The first-order chi connectivity index (χ1) is 9.76. The molecule has 2 amide bonds. The predicted octanol–water partition coefficient (Wildman–Crippen LogP) is 1.42. The van der Waals surface area contributed by atoms with Gasteiger partial charge in [-0.3, -0.25) is 9.59 Å². The second-order valence-corrected chi connectivity index (χ2v) is 7.08. The van der Waals surface area contributed by atoms with E-state index in [9.17, 15) is 9.59 Å². The molecule has 0 atom stereocenters. The average molecular weight is 310 g/mol. The fraction of sp³-hybridized carbons (Fsp3) is 0.571. The van der Waals surface area contributed by atoms with E-state index in [0.29, 0.717) is 16.4 Å². The molecule has 1 aromatic rings. The van der Waals surface area contributed by atoms with Crippen LogP contribution in [0.1, 0.15) is 47.2 Å². The third kappa shape index (κ3) is 2.97. The topological polar surface area (TPSA) is 101 Å². The molecule has 0 bridgehead atoms. The Morgan fingerprint density at radius 2 is 2.10 bits per heavy atom. The number of nitrogens with zero attached hydrogens (tertiary/aromatic N) is 1. The Morgan fingerprint density at radius 3 is 2.57 bits per heavy atom. The van der Waals surface area contributed by atoms with Crippen molar-refractivity contribution in [2.45, 2.75) is 27.2 Å². The number of anilines is 2. The molecule has 1 aliphatic rings. The molecule has 0 spiro atoms. The normalized spacial score (nSPS) is 17.0. The molecule has 6 nitrogen and oxygen atoms in total. The van der Waals surface area contributed by atoms with Gasteiger partial charge < -0.3 is 21.7 Å². The fourth-order valence-corrected chi connectivity index (χ4v) is 3.76. The minimum atomic E-state index is -0.584.